The molecule has 1 atom stereocenters. The summed E-state index contributed by atoms with van der Waals surface area (Å²) in [5.74, 6) is 0.0979. The molecule has 0 spiro atoms. The van der Waals surface area contributed by atoms with Gasteiger partial charge < -0.3 is 10.6 Å². The van der Waals surface area contributed by atoms with Crippen molar-refractivity contribution < 1.29 is 4.79 Å². The molecule has 1 aromatic rings. The molecule has 20 heavy (non-hydrogen) atoms. The second kappa shape index (κ2) is 7.62. The van der Waals surface area contributed by atoms with Crippen molar-refractivity contribution >= 4 is 17.5 Å². The highest BCUT2D eigenvalue weighted by Crippen LogP contribution is 2.24. The topological polar surface area (TPSA) is 44.4 Å². The van der Waals surface area contributed by atoms with E-state index >= 15 is 0 Å². The Morgan fingerprint density at radius 3 is 3.15 bits per heavy atom. The molecule has 0 radical (unpaired) electrons. The molecule has 4 nitrogen and oxygen atoms in total. The predicted molar refractivity (Wildman–Crippen MR) is 81.9 cm³/mol. The minimum atomic E-state index is 0.0979. The van der Waals surface area contributed by atoms with E-state index in [0.29, 0.717) is 6.54 Å². The monoisotopic (exact) mass is 295 g/mol. The molecular formula is C15H22ClN3O. The minimum absolute atomic E-state index is 0.0979. The van der Waals surface area contributed by atoms with Crippen molar-refractivity contribution in [3.8, 4) is 0 Å². The molecule has 1 amide bonds. The van der Waals surface area contributed by atoms with Crippen LogP contribution in [0.3, 0.4) is 0 Å². The predicted octanol–water partition coefficient (Wildman–Crippen LogP) is 1.81. The smallest absolute Gasteiger partial charge is 0.234 e. The fourth-order valence-corrected chi connectivity index (χ4v) is 2.68. The summed E-state index contributed by atoms with van der Waals surface area (Å²) in [6.45, 7) is 5.88. The molecule has 1 aliphatic heterocycles. The van der Waals surface area contributed by atoms with Crippen molar-refractivity contribution in [2.75, 3.05) is 32.7 Å². The maximum Gasteiger partial charge on any atom is 0.234 e. The highest BCUT2D eigenvalue weighted by molar-refractivity contribution is 6.30. The number of piperazine rings is 1. The molecule has 1 saturated heterocycles. The number of amides is 1. The van der Waals surface area contributed by atoms with Crippen LogP contribution in [0.2, 0.25) is 5.02 Å². The van der Waals surface area contributed by atoms with Gasteiger partial charge in [-0.3, -0.25) is 9.69 Å². The molecule has 2 N–H and O–H groups in total. The summed E-state index contributed by atoms with van der Waals surface area (Å²) in [5.41, 5.74) is 1.16. The van der Waals surface area contributed by atoms with Crippen LogP contribution in [0.25, 0.3) is 0 Å². The minimum Gasteiger partial charge on any atom is -0.355 e. The van der Waals surface area contributed by atoms with Gasteiger partial charge in [0.25, 0.3) is 0 Å². The van der Waals surface area contributed by atoms with Gasteiger partial charge in [0.2, 0.25) is 5.91 Å². The van der Waals surface area contributed by atoms with Crippen LogP contribution in [-0.4, -0.2) is 43.5 Å². The maximum atomic E-state index is 11.9. The normalized spacial score (nSPS) is 19.8. The third-order valence-electron chi connectivity index (χ3n) is 3.51. The molecule has 1 fully saturated rings. The van der Waals surface area contributed by atoms with E-state index in [2.05, 4.69) is 28.5 Å². The van der Waals surface area contributed by atoms with E-state index in [9.17, 15) is 4.79 Å². The zero-order valence-corrected chi connectivity index (χ0v) is 12.6. The summed E-state index contributed by atoms with van der Waals surface area (Å²) in [6, 6.07) is 8.09. The highest BCUT2D eigenvalue weighted by Gasteiger charge is 2.25. The number of halogens is 1. The third kappa shape index (κ3) is 4.20. The van der Waals surface area contributed by atoms with Crippen LogP contribution in [0.5, 0.6) is 0 Å². The first-order chi connectivity index (χ1) is 9.70. The van der Waals surface area contributed by atoms with Crippen LogP contribution < -0.4 is 10.6 Å². The number of rotatable bonds is 5. The van der Waals surface area contributed by atoms with Gasteiger partial charge in [-0.1, -0.05) is 30.7 Å². The summed E-state index contributed by atoms with van der Waals surface area (Å²) in [4.78, 5) is 14.1. The van der Waals surface area contributed by atoms with Gasteiger partial charge in [0.15, 0.2) is 0 Å². The zero-order valence-electron chi connectivity index (χ0n) is 11.9. The first kappa shape index (κ1) is 15.3. The lowest BCUT2D eigenvalue weighted by Crippen LogP contribution is -2.49. The second-order valence-electron chi connectivity index (χ2n) is 5.10. The average Bonchev–Trinajstić information content (AvgIpc) is 2.45. The van der Waals surface area contributed by atoms with Crippen molar-refractivity contribution in [1.82, 2.24) is 15.5 Å². The Morgan fingerprint density at radius 1 is 1.55 bits per heavy atom. The molecule has 1 heterocycles. The van der Waals surface area contributed by atoms with E-state index in [1.807, 2.05) is 18.2 Å². The summed E-state index contributed by atoms with van der Waals surface area (Å²) in [7, 11) is 0. The molecule has 0 bridgehead atoms. The van der Waals surface area contributed by atoms with Crippen molar-refractivity contribution in [3.63, 3.8) is 0 Å². The van der Waals surface area contributed by atoms with Crippen LogP contribution in [0.15, 0.2) is 24.3 Å². The summed E-state index contributed by atoms with van der Waals surface area (Å²) >= 11 is 6.07. The molecule has 2 rings (SSSR count). The van der Waals surface area contributed by atoms with E-state index in [1.54, 1.807) is 0 Å². The van der Waals surface area contributed by atoms with Crippen LogP contribution in [0.4, 0.5) is 0 Å². The molecule has 5 heteroatoms. The van der Waals surface area contributed by atoms with Gasteiger partial charge >= 0.3 is 0 Å². The van der Waals surface area contributed by atoms with E-state index in [-0.39, 0.29) is 11.9 Å². The Labute approximate surface area is 125 Å². The molecule has 110 valence electrons. The lowest BCUT2D eigenvalue weighted by molar-refractivity contribution is -0.123. The first-order valence-corrected chi connectivity index (χ1v) is 7.55. The Balaban J connectivity index is 2.03. The molecule has 1 aromatic carbocycles. The van der Waals surface area contributed by atoms with Crippen LogP contribution in [-0.2, 0) is 4.79 Å². The number of carbonyl (C=O) groups excluding carboxylic acids is 1. The molecule has 0 saturated carbocycles. The summed E-state index contributed by atoms with van der Waals surface area (Å²) in [6.07, 6.45) is 0.963. The van der Waals surface area contributed by atoms with Gasteiger partial charge in [0.05, 0.1) is 6.54 Å². The molecule has 1 unspecified atom stereocenters. The van der Waals surface area contributed by atoms with Crippen molar-refractivity contribution in [2.24, 2.45) is 0 Å². The fourth-order valence-electron chi connectivity index (χ4n) is 2.48. The lowest BCUT2D eigenvalue weighted by atomic mass is 10.0. The zero-order chi connectivity index (χ0) is 14.4. The third-order valence-corrected chi connectivity index (χ3v) is 3.74. The fraction of sp³-hybridized carbons (Fsp3) is 0.533. The first-order valence-electron chi connectivity index (χ1n) is 7.17. The van der Waals surface area contributed by atoms with Gasteiger partial charge in [0, 0.05) is 37.2 Å². The Kier molecular flexibility index (Phi) is 5.83. The Hall–Kier alpha value is -1.10. The molecular weight excluding hydrogens is 274 g/mol. The molecule has 0 aliphatic carbocycles. The number of hydrogen-bond donors (Lipinski definition) is 2. The SMILES string of the molecule is CCCNC(=O)CN1CCNCC1c1cccc(Cl)c1. The van der Waals surface area contributed by atoms with Crippen molar-refractivity contribution in [2.45, 2.75) is 19.4 Å². The number of nitrogens with one attached hydrogen (secondary N) is 2. The number of nitrogens with zero attached hydrogens (tertiary/aromatic N) is 1. The summed E-state index contributed by atoms with van der Waals surface area (Å²) in [5, 5.41) is 7.06. The average molecular weight is 296 g/mol. The second-order valence-corrected chi connectivity index (χ2v) is 5.53. The van der Waals surface area contributed by atoms with Gasteiger partial charge in [0.1, 0.15) is 0 Å². The van der Waals surface area contributed by atoms with E-state index in [0.717, 1.165) is 43.2 Å². The van der Waals surface area contributed by atoms with E-state index < -0.39 is 0 Å². The standard InChI is InChI=1S/C15H22ClN3O/c1-2-6-18-15(20)11-19-8-7-17-10-14(19)12-4-3-5-13(16)9-12/h3-5,9,14,17H,2,6-8,10-11H2,1H3,(H,18,20). The number of carbonyl (C=O) groups is 1. The van der Waals surface area contributed by atoms with Crippen molar-refractivity contribution in [3.05, 3.63) is 34.9 Å². The lowest BCUT2D eigenvalue weighted by Gasteiger charge is -2.36. The number of benzene rings is 1. The largest absolute Gasteiger partial charge is 0.355 e. The highest BCUT2D eigenvalue weighted by atomic mass is 35.5. The van der Waals surface area contributed by atoms with Gasteiger partial charge in [-0.15, -0.1) is 0 Å². The summed E-state index contributed by atoms with van der Waals surface area (Å²) < 4.78 is 0. The van der Waals surface area contributed by atoms with Crippen LogP contribution in [0, 0.1) is 0 Å². The van der Waals surface area contributed by atoms with Gasteiger partial charge in [-0.25, -0.2) is 0 Å². The number of hydrogen-bond acceptors (Lipinski definition) is 3. The Morgan fingerprint density at radius 2 is 2.40 bits per heavy atom. The van der Waals surface area contributed by atoms with Gasteiger partial charge in [-0.05, 0) is 24.1 Å². The maximum absolute atomic E-state index is 11.9. The molecule has 1 aliphatic rings. The molecule has 0 aromatic heterocycles. The Bertz CT molecular complexity index is 452. The van der Waals surface area contributed by atoms with E-state index in [4.69, 9.17) is 11.6 Å². The van der Waals surface area contributed by atoms with Crippen LogP contribution >= 0.6 is 11.6 Å². The quantitative estimate of drug-likeness (QED) is 0.871. The van der Waals surface area contributed by atoms with Crippen molar-refractivity contribution in [1.29, 1.82) is 0 Å². The van der Waals surface area contributed by atoms with E-state index in [1.165, 1.54) is 0 Å². The van der Waals surface area contributed by atoms with Crippen LogP contribution in [0.1, 0.15) is 24.9 Å². The van der Waals surface area contributed by atoms with Gasteiger partial charge in [-0.2, -0.15) is 0 Å².